The second-order valence-electron chi connectivity index (χ2n) is 4.93. The van der Waals surface area contributed by atoms with Crippen LogP contribution in [0.2, 0.25) is 0 Å². The Morgan fingerprint density at radius 2 is 1.90 bits per heavy atom. The van der Waals surface area contributed by atoms with Gasteiger partial charge in [-0.3, -0.25) is 0 Å². The van der Waals surface area contributed by atoms with E-state index in [-0.39, 0.29) is 16.4 Å². The summed E-state index contributed by atoms with van der Waals surface area (Å²) in [6, 6.07) is 5.83. The van der Waals surface area contributed by atoms with Gasteiger partial charge in [-0.15, -0.1) is 0 Å². The summed E-state index contributed by atoms with van der Waals surface area (Å²) in [7, 11) is -5.36. The molecule has 1 fully saturated rings. The molecule has 1 aromatic rings. The summed E-state index contributed by atoms with van der Waals surface area (Å²) >= 11 is 0. The van der Waals surface area contributed by atoms with Gasteiger partial charge in [0.25, 0.3) is 0 Å². The molecule has 1 aliphatic heterocycles. The highest BCUT2D eigenvalue weighted by molar-refractivity contribution is 7.92. The summed E-state index contributed by atoms with van der Waals surface area (Å²) in [4.78, 5) is 0.154. The first-order valence-electron chi connectivity index (χ1n) is 6.24. The number of hydrogen-bond donors (Lipinski definition) is 1. The first kappa shape index (κ1) is 15.4. The van der Waals surface area contributed by atoms with Gasteiger partial charge in [0.1, 0.15) is 0 Å². The van der Waals surface area contributed by atoms with Crippen molar-refractivity contribution < 1.29 is 16.8 Å². The average Bonchev–Trinajstić information content (AvgIpc) is 2.78. The molecule has 8 heteroatoms. The number of benzene rings is 1. The number of nitrogens with zero attached hydrogens (tertiary/aromatic N) is 1. The van der Waals surface area contributed by atoms with Gasteiger partial charge in [-0.2, -0.15) is 4.31 Å². The van der Waals surface area contributed by atoms with Gasteiger partial charge in [0, 0.05) is 19.6 Å². The lowest BCUT2D eigenvalue weighted by Crippen LogP contribution is -2.37. The van der Waals surface area contributed by atoms with E-state index in [0.29, 0.717) is 13.0 Å². The first-order chi connectivity index (χ1) is 9.26. The highest BCUT2D eigenvalue weighted by atomic mass is 32.2. The third-order valence-corrected chi connectivity index (χ3v) is 7.23. The van der Waals surface area contributed by atoms with Crippen molar-refractivity contribution in [3.05, 3.63) is 29.8 Å². The van der Waals surface area contributed by atoms with Crippen molar-refractivity contribution >= 4 is 19.9 Å². The molecule has 1 saturated heterocycles. The van der Waals surface area contributed by atoms with Crippen LogP contribution in [0.1, 0.15) is 12.0 Å². The molecule has 6 nitrogen and oxygen atoms in total. The Balaban J connectivity index is 2.25. The Labute approximate surface area is 119 Å². The van der Waals surface area contributed by atoms with Crippen LogP contribution in [0.25, 0.3) is 0 Å². The Morgan fingerprint density at radius 3 is 2.35 bits per heavy atom. The third-order valence-electron chi connectivity index (χ3n) is 3.56. The highest BCUT2D eigenvalue weighted by Crippen LogP contribution is 2.23. The lowest BCUT2D eigenvalue weighted by Gasteiger charge is -2.22. The van der Waals surface area contributed by atoms with Crippen molar-refractivity contribution in [1.29, 1.82) is 0 Å². The van der Waals surface area contributed by atoms with E-state index in [1.807, 2.05) is 0 Å². The van der Waals surface area contributed by atoms with Crippen LogP contribution in [-0.2, 0) is 26.4 Å². The van der Waals surface area contributed by atoms with E-state index in [1.54, 1.807) is 12.1 Å². The summed E-state index contributed by atoms with van der Waals surface area (Å²) < 4.78 is 48.9. The van der Waals surface area contributed by atoms with Gasteiger partial charge in [0.05, 0.1) is 16.4 Å². The van der Waals surface area contributed by atoms with Crippen LogP contribution in [0.3, 0.4) is 0 Å². The summed E-state index contributed by atoms with van der Waals surface area (Å²) in [6.45, 7) is 0.344. The van der Waals surface area contributed by atoms with Crippen LogP contribution in [0.15, 0.2) is 29.2 Å². The van der Waals surface area contributed by atoms with Gasteiger partial charge in [-0.25, -0.2) is 16.8 Å². The van der Waals surface area contributed by atoms with E-state index < -0.39 is 25.9 Å². The summed E-state index contributed by atoms with van der Waals surface area (Å²) in [6.07, 6.45) is 0.346. The molecule has 1 aliphatic rings. The van der Waals surface area contributed by atoms with E-state index in [0.717, 1.165) is 9.87 Å². The topological polar surface area (TPSA) is 97.5 Å². The fraction of sp³-hybridized carbons (Fsp3) is 0.500. The number of nitrogens with two attached hydrogens (primary N) is 1. The smallest absolute Gasteiger partial charge is 0.243 e. The molecule has 0 aliphatic carbocycles. The number of rotatable bonds is 4. The fourth-order valence-electron chi connectivity index (χ4n) is 2.22. The molecule has 20 heavy (non-hydrogen) atoms. The lowest BCUT2D eigenvalue weighted by atomic mass is 10.2. The van der Waals surface area contributed by atoms with Gasteiger partial charge < -0.3 is 5.73 Å². The maximum atomic E-state index is 12.4. The molecule has 1 unspecified atom stereocenters. The van der Waals surface area contributed by atoms with Crippen molar-refractivity contribution in [3.63, 3.8) is 0 Å². The molecule has 1 atom stereocenters. The minimum Gasteiger partial charge on any atom is -0.326 e. The van der Waals surface area contributed by atoms with Gasteiger partial charge in [0.15, 0.2) is 9.84 Å². The third kappa shape index (κ3) is 3.03. The van der Waals surface area contributed by atoms with Crippen molar-refractivity contribution in [2.24, 2.45) is 5.73 Å². The predicted octanol–water partition coefficient (Wildman–Crippen LogP) is -0.0471. The van der Waals surface area contributed by atoms with Gasteiger partial charge in [-0.05, 0) is 24.1 Å². The Bertz CT molecular complexity index is 681. The highest BCUT2D eigenvalue weighted by Gasteiger charge is 2.36. The van der Waals surface area contributed by atoms with Crippen LogP contribution in [0.5, 0.6) is 0 Å². The molecule has 112 valence electrons. The van der Waals surface area contributed by atoms with E-state index in [2.05, 4.69) is 0 Å². The van der Waals surface area contributed by atoms with Crippen LogP contribution >= 0.6 is 0 Å². The quantitative estimate of drug-likeness (QED) is 0.839. The minimum absolute atomic E-state index is 0.0453. The van der Waals surface area contributed by atoms with Crippen molar-refractivity contribution in [2.75, 3.05) is 18.6 Å². The molecule has 1 heterocycles. The molecule has 0 spiro atoms. The summed E-state index contributed by atoms with van der Waals surface area (Å²) in [5, 5.41) is 0. The summed E-state index contributed by atoms with van der Waals surface area (Å²) in [5.41, 5.74) is 6.31. The molecule has 0 saturated carbocycles. The predicted molar refractivity (Wildman–Crippen MR) is 76.3 cm³/mol. The van der Waals surface area contributed by atoms with Gasteiger partial charge in [0.2, 0.25) is 10.0 Å². The zero-order chi connectivity index (χ0) is 15.0. The van der Waals surface area contributed by atoms with Crippen LogP contribution in [-0.4, -0.2) is 45.7 Å². The molecule has 0 amide bonds. The maximum absolute atomic E-state index is 12.4. The normalized spacial score (nSPS) is 22.2. The second kappa shape index (κ2) is 5.44. The number of sulfone groups is 1. The van der Waals surface area contributed by atoms with Gasteiger partial charge in [-0.1, -0.05) is 12.1 Å². The molecule has 0 radical (unpaired) electrons. The number of hydrogen-bond acceptors (Lipinski definition) is 5. The monoisotopic (exact) mass is 318 g/mol. The zero-order valence-electron chi connectivity index (χ0n) is 11.2. The van der Waals surface area contributed by atoms with Crippen LogP contribution in [0.4, 0.5) is 0 Å². The molecule has 1 aromatic carbocycles. The van der Waals surface area contributed by atoms with E-state index >= 15 is 0 Å². The molecular formula is C12H18N2O4S2. The first-order valence-corrected chi connectivity index (χ1v) is 9.50. The zero-order valence-corrected chi connectivity index (χ0v) is 12.8. The van der Waals surface area contributed by atoms with Crippen molar-refractivity contribution in [3.8, 4) is 0 Å². The average molecular weight is 318 g/mol. The number of sulfonamides is 1. The molecule has 0 bridgehead atoms. The van der Waals surface area contributed by atoms with Crippen LogP contribution in [0, 0.1) is 0 Å². The fourth-order valence-corrected chi connectivity index (χ4v) is 5.48. The minimum atomic E-state index is -3.67. The Kier molecular flexibility index (Phi) is 4.19. The van der Waals surface area contributed by atoms with Crippen LogP contribution < -0.4 is 5.73 Å². The van der Waals surface area contributed by atoms with Crippen molar-refractivity contribution in [2.45, 2.75) is 23.9 Å². The second-order valence-corrected chi connectivity index (χ2v) is 9.15. The SMILES string of the molecule is CN(C1CCS(=O)(=O)C1)S(=O)(=O)c1ccc(CN)cc1. The van der Waals surface area contributed by atoms with E-state index in [1.165, 1.54) is 19.2 Å². The summed E-state index contributed by atoms with van der Waals surface area (Å²) in [5.74, 6) is -0.0623. The Hall–Kier alpha value is -0.960. The lowest BCUT2D eigenvalue weighted by molar-refractivity contribution is 0.394. The Morgan fingerprint density at radius 1 is 1.30 bits per heavy atom. The van der Waals surface area contributed by atoms with Crippen molar-refractivity contribution in [1.82, 2.24) is 4.31 Å². The van der Waals surface area contributed by atoms with Gasteiger partial charge >= 0.3 is 0 Å². The molecule has 2 N–H and O–H groups in total. The standard InChI is InChI=1S/C12H18N2O4S2/c1-14(11-6-7-19(15,16)9-11)20(17,18)12-4-2-10(8-13)3-5-12/h2-5,11H,6-9,13H2,1H3. The molecule has 2 rings (SSSR count). The van der Waals surface area contributed by atoms with E-state index in [9.17, 15) is 16.8 Å². The molecular weight excluding hydrogens is 300 g/mol. The molecule has 0 aromatic heterocycles. The van der Waals surface area contributed by atoms with E-state index in [4.69, 9.17) is 5.73 Å². The largest absolute Gasteiger partial charge is 0.326 e. The maximum Gasteiger partial charge on any atom is 0.243 e.